The van der Waals surface area contributed by atoms with Crippen molar-refractivity contribution in [3.05, 3.63) is 5.01 Å². The second-order valence-corrected chi connectivity index (χ2v) is 3.62. The number of carbonyl (C=O) groups is 1. The number of nitrogens with one attached hydrogen (secondary N) is 1. The molecule has 0 saturated carbocycles. The van der Waals surface area contributed by atoms with Gasteiger partial charge in [0.2, 0.25) is 10.1 Å². The summed E-state index contributed by atoms with van der Waals surface area (Å²) in [5, 5.41) is 11.6. The maximum absolute atomic E-state index is 11.7. The predicted molar refractivity (Wildman–Crippen MR) is 56.7 cm³/mol. The molecule has 0 radical (unpaired) electrons. The maximum Gasteiger partial charge on any atom is 0.284 e. The Morgan fingerprint density at radius 2 is 2.07 bits per heavy atom. The number of amides is 1. The van der Waals surface area contributed by atoms with Crippen molar-refractivity contribution in [1.82, 2.24) is 15.1 Å². The molecule has 5 nitrogen and oxygen atoms in total. The van der Waals surface area contributed by atoms with Crippen LogP contribution < -0.4 is 5.32 Å². The minimum absolute atomic E-state index is 0.0472. The van der Waals surface area contributed by atoms with Gasteiger partial charge in [0.15, 0.2) is 0 Å². The molecule has 0 unspecified atom stereocenters. The zero-order valence-electron chi connectivity index (χ0n) is 8.57. The highest BCUT2D eigenvalue weighted by Crippen LogP contribution is 2.15. The fourth-order valence-corrected chi connectivity index (χ4v) is 1.72. The van der Waals surface area contributed by atoms with Crippen molar-refractivity contribution in [2.75, 3.05) is 25.5 Å². The highest BCUT2D eigenvalue weighted by atomic mass is 32.1. The second-order valence-electron chi connectivity index (χ2n) is 2.64. The summed E-state index contributed by atoms with van der Waals surface area (Å²) in [5.74, 6) is -0.0472. The number of carbonyl (C=O) groups excluding carboxylic acids is 1. The first-order valence-corrected chi connectivity index (χ1v) is 5.35. The summed E-state index contributed by atoms with van der Waals surface area (Å²) in [6.45, 7) is 5.29. The van der Waals surface area contributed by atoms with Gasteiger partial charge in [-0.2, -0.15) is 0 Å². The van der Waals surface area contributed by atoms with Crippen LogP contribution in [0.15, 0.2) is 0 Å². The lowest BCUT2D eigenvalue weighted by atomic mass is 10.5. The van der Waals surface area contributed by atoms with Crippen LogP contribution >= 0.6 is 11.3 Å². The van der Waals surface area contributed by atoms with Crippen LogP contribution in [0, 0.1) is 0 Å². The average molecular weight is 214 g/mol. The van der Waals surface area contributed by atoms with E-state index in [0.717, 1.165) is 0 Å². The Morgan fingerprint density at radius 1 is 1.43 bits per heavy atom. The molecule has 1 N–H and O–H groups in total. The fourth-order valence-electron chi connectivity index (χ4n) is 1.06. The molecule has 14 heavy (non-hydrogen) atoms. The molecule has 0 bridgehead atoms. The lowest BCUT2D eigenvalue weighted by Crippen LogP contribution is -2.30. The van der Waals surface area contributed by atoms with Crippen LogP contribution in [-0.4, -0.2) is 41.1 Å². The van der Waals surface area contributed by atoms with Crippen LogP contribution in [0.3, 0.4) is 0 Å². The summed E-state index contributed by atoms with van der Waals surface area (Å²) in [6, 6.07) is 0. The van der Waals surface area contributed by atoms with E-state index in [1.807, 2.05) is 13.8 Å². The molecule has 0 aliphatic heterocycles. The van der Waals surface area contributed by atoms with Gasteiger partial charge < -0.3 is 10.2 Å². The summed E-state index contributed by atoms with van der Waals surface area (Å²) < 4.78 is 0. The van der Waals surface area contributed by atoms with Gasteiger partial charge in [-0.05, 0) is 13.8 Å². The summed E-state index contributed by atoms with van der Waals surface area (Å²) in [4.78, 5) is 13.5. The molecule has 0 aliphatic rings. The molecule has 0 fully saturated rings. The number of hydrogen-bond acceptors (Lipinski definition) is 5. The van der Waals surface area contributed by atoms with Gasteiger partial charge in [-0.1, -0.05) is 11.3 Å². The first-order chi connectivity index (χ1) is 6.72. The van der Waals surface area contributed by atoms with E-state index >= 15 is 0 Å². The quantitative estimate of drug-likeness (QED) is 0.814. The molecule has 0 saturated heterocycles. The number of anilines is 1. The smallest absolute Gasteiger partial charge is 0.284 e. The van der Waals surface area contributed by atoms with Gasteiger partial charge in [0, 0.05) is 20.1 Å². The van der Waals surface area contributed by atoms with Crippen molar-refractivity contribution in [3.8, 4) is 0 Å². The molecule has 0 aromatic carbocycles. The summed E-state index contributed by atoms with van der Waals surface area (Å²) >= 11 is 1.28. The fraction of sp³-hybridized carbons (Fsp3) is 0.625. The van der Waals surface area contributed by atoms with Gasteiger partial charge >= 0.3 is 0 Å². The third kappa shape index (κ3) is 2.20. The van der Waals surface area contributed by atoms with Gasteiger partial charge in [0.05, 0.1) is 0 Å². The van der Waals surface area contributed by atoms with E-state index in [1.165, 1.54) is 11.3 Å². The van der Waals surface area contributed by atoms with E-state index in [2.05, 4.69) is 15.5 Å². The molecule has 1 aromatic heterocycles. The van der Waals surface area contributed by atoms with Crippen LogP contribution in [0.5, 0.6) is 0 Å². The van der Waals surface area contributed by atoms with Gasteiger partial charge in [-0.25, -0.2) is 0 Å². The Balaban J connectivity index is 2.77. The first-order valence-electron chi connectivity index (χ1n) is 4.53. The summed E-state index contributed by atoms with van der Waals surface area (Å²) in [6.07, 6.45) is 0. The molecule has 0 atom stereocenters. The third-order valence-electron chi connectivity index (χ3n) is 1.87. The third-order valence-corrected chi connectivity index (χ3v) is 2.80. The SMILES string of the molecule is CCN(CC)C(=O)c1nnc(NC)s1. The molecule has 78 valence electrons. The van der Waals surface area contributed by atoms with Gasteiger partial charge in [0.25, 0.3) is 5.91 Å². The van der Waals surface area contributed by atoms with Crippen molar-refractivity contribution in [2.45, 2.75) is 13.8 Å². The minimum Gasteiger partial charge on any atom is -0.363 e. The Labute approximate surface area is 87.1 Å². The van der Waals surface area contributed by atoms with Crippen molar-refractivity contribution in [3.63, 3.8) is 0 Å². The van der Waals surface area contributed by atoms with E-state index in [0.29, 0.717) is 23.2 Å². The van der Waals surface area contributed by atoms with E-state index in [9.17, 15) is 4.79 Å². The van der Waals surface area contributed by atoms with Crippen LogP contribution in [0.25, 0.3) is 0 Å². The van der Waals surface area contributed by atoms with Crippen molar-refractivity contribution in [2.24, 2.45) is 0 Å². The molecule has 1 amide bonds. The largest absolute Gasteiger partial charge is 0.363 e. The summed E-state index contributed by atoms with van der Waals surface area (Å²) in [5.41, 5.74) is 0. The number of rotatable bonds is 4. The highest BCUT2D eigenvalue weighted by Gasteiger charge is 2.17. The molecule has 1 aromatic rings. The zero-order chi connectivity index (χ0) is 10.6. The van der Waals surface area contributed by atoms with Crippen molar-refractivity contribution < 1.29 is 4.79 Å². The van der Waals surface area contributed by atoms with E-state index in [4.69, 9.17) is 0 Å². The number of nitrogens with zero attached hydrogens (tertiary/aromatic N) is 3. The lowest BCUT2D eigenvalue weighted by molar-refractivity contribution is 0.0772. The van der Waals surface area contributed by atoms with Crippen LogP contribution in [0.2, 0.25) is 0 Å². The summed E-state index contributed by atoms with van der Waals surface area (Å²) in [7, 11) is 1.76. The zero-order valence-corrected chi connectivity index (χ0v) is 9.39. The Bertz CT molecular complexity index is 308. The van der Waals surface area contributed by atoms with Crippen LogP contribution in [0.1, 0.15) is 23.6 Å². The lowest BCUT2D eigenvalue weighted by Gasteiger charge is -2.15. The topological polar surface area (TPSA) is 58.1 Å². The number of aromatic nitrogens is 2. The minimum atomic E-state index is -0.0472. The van der Waals surface area contributed by atoms with Crippen molar-refractivity contribution in [1.29, 1.82) is 0 Å². The van der Waals surface area contributed by atoms with E-state index < -0.39 is 0 Å². The first kappa shape index (κ1) is 10.9. The Morgan fingerprint density at radius 3 is 2.50 bits per heavy atom. The van der Waals surface area contributed by atoms with E-state index in [-0.39, 0.29) is 5.91 Å². The molecular formula is C8H14N4OS. The normalized spacial score (nSPS) is 9.93. The monoisotopic (exact) mass is 214 g/mol. The van der Waals surface area contributed by atoms with E-state index in [1.54, 1.807) is 11.9 Å². The predicted octanol–water partition coefficient (Wildman–Crippen LogP) is 1.06. The molecule has 1 rings (SSSR count). The Kier molecular flexibility index (Phi) is 3.82. The number of hydrogen-bond donors (Lipinski definition) is 1. The molecule has 1 heterocycles. The van der Waals surface area contributed by atoms with Crippen molar-refractivity contribution >= 4 is 22.4 Å². The molecule has 6 heteroatoms. The Hall–Kier alpha value is -1.17. The second kappa shape index (κ2) is 4.90. The van der Waals surface area contributed by atoms with Crippen LogP contribution in [-0.2, 0) is 0 Å². The average Bonchev–Trinajstić information content (AvgIpc) is 2.67. The highest BCUT2D eigenvalue weighted by molar-refractivity contribution is 7.17. The molecule has 0 aliphatic carbocycles. The van der Waals surface area contributed by atoms with Gasteiger partial charge in [-0.3, -0.25) is 4.79 Å². The maximum atomic E-state index is 11.7. The standard InChI is InChI=1S/C8H14N4OS/c1-4-12(5-2)7(13)6-10-11-8(9-3)14-6/h4-5H2,1-3H3,(H,9,11). The van der Waals surface area contributed by atoms with Gasteiger partial charge in [-0.15, -0.1) is 10.2 Å². The molecular weight excluding hydrogens is 200 g/mol. The van der Waals surface area contributed by atoms with Crippen LogP contribution in [0.4, 0.5) is 5.13 Å². The van der Waals surface area contributed by atoms with Gasteiger partial charge in [0.1, 0.15) is 0 Å². The molecule has 0 spiro atoms.